The van der Waals surface area contributed by atoms with Gasteiger partial charge in [0.15, 0.2) is 0 Å². The van der Waals surface area contributed by atoms with Crippen molar-refractivity contribution in [1.82, 2.24) is 18.8 Å². The number of benzene rings is 2. The number of aryl methyl sites for hydroxylation is 1. The van der Waals surface area contributed by atoms with E-state index in [2.05, 4.69) is 16.4 Å². The Morgan fingerprint density at radius 3 is 2.71 bits per heavy atom. The molecule has 2 aromatic carbocycles. The lowest BCUT2D eigenvalue weighted by atomic mass is 10.0. The standard InChI is InChI=1S/C23H29FN4O2S/c1-4-28-22-11-10-20(31(29,30)26(2)3)15-21(22)25-23(28)16-27-12-6-9-19(27)14-17-7-5-8-18(24)13-17/h5,7-8,10-11,13,15,19H,4,6,9,12,14,16H2,1-3H3. The van der Waals surface area contributed by atoms with E-state index in [1.165, 1.54) is 24.5 Å². The molecule has 1 atom stereocenters. The van der Waals surface area contributed by atoms with Crippen LogP contribution >= 0.6 is 0 Å². The Labute approximate surface area is 183 Å². The number of hydrogen-bond donors (Lipinski definition) is 0. The zero-order valence-electron chi connectivity index (χ0n) is 18.3. The first-order chi connectivity index (χ1) is 14.8. The highest BCUT2D eigenvalue weighted by Crippen LogP contribution is 2.26. The summed E-state index contributed by atoms with van der Waals surface area (Å²) >= 11 is 0. The van der Waals surface area contributed by atoms with E-state index in [-0.39, 0.29) is 10.7 Å². The lowest BCUT2D eigenvalue weighted by Gasteiger charge is -2.24. The molecule has 1 aliphatic heterocycles. The number of aromatic nitrogens is 2. The largest absolute Gasteiger partial charge is 0.327 e. The summed E-state index contributed by atoms with van der Waals surface area (Å²) in [6.07, 6.45) is 3.00. The van der Waals surface area contributed by atoms with E-state index in [1.807, 2.05) is 12.1 Å². The van der Waals surface area contributed by atoms with Gasteiger partial charge in [-0.15, -0.1) is 0 Å². The summed E-state index contributed by atoms with van der Waals surface area (Å²) in [4.78, 5) is 7.48. The Hall–Kier alpha value is -2.29. The monoisotopic (exact) mass is 444 g/mol. The van der Waals surface area contributed by atoms with Crippen LogP contribution in [0.25, 0.3) is 11.0 Å². The Kier molecular flexibility index (Phi) is 6.14. The van der Waals surface area contributed by atoms with E-state index in [0.29, 0.717) is 18.1 Å². The molecule has 31 heavy (non-hydrogen) atoms. The first kappa shape index (κ1) is 21.9. The topological polar surface area (TPSA) is 58.4 Å². The predicted octanol–water partition coefficient (Wildman–Crippen LogP) is 3.65. The van der Waals surface area contributed by atoms with Crippen LogP contribution in [0.15, 0.2) is 47.4 Å². The van der Waals surface area contributed by atoms with Crippen LogP contribution < -0.4 is 0 Å². The minimum absolute atomic E-state index is 0.196. The average molecular weight is 445 g/mol. The highest BCUT2D eigenvalue weighted by molar-refractivity contribution is 7.89. The molecule has 6 nitrogen and oxygen atoms in total. The van der Waals surface area contributed by atoms with Crippen molar-refractivity contribution >= 4 is 21.1 Å². The van der Waals surface area contributed by atoms with Crippen LogP contribution in [0.4, 0.5) is 4.39 Å². The van der Waals surface area contributed by atoms with Gasteiger partial charge in [0.25, 0.3) is 0 Å². The Morgan fingerprint density at radius 1 is 1.19 bits per heavy atom. The molecule has 166 valence electrons. The zero-order chi connectivity index (χ0) is 22.2. The summed E-state index contributed by atoms with van der Waals surface area (Å²) in [5.74, 6) is 0.737. The number of halogens is 1. The highest BCUT2D eigenvalue weighted by atomic mass is 32.2. The van der Waals surface area contributed by atoms with Gasteiger partial charge in [-0.3, -0.25) is 4.90 Å². The van der Waals surface area contributed by atoms with Crippen LogP contribution in [0.5, 0.6) is 0 Å². The van der Waals surface area contributed by atoms with Crippen molar-refractivity contribution in [1.29, 1.82) is 0 Å². The quantitative estimate of drug-likeness (QED) is 0.558. The molecule has 1 fully saturated rings. The molecule has 1 aliphatic rings. The van der Waals surface area contributed by atoms with Crippen molar-refractivity contribution in [3.8, 4) is 0 Å². The fourth-order valence-corrected chi connectivity index (χ4v) is 5.38. The molecule has 0 spiro atoms. The maximum Gasteiger partial charge on any atom is 0.242 e. The third-order valence-corrected chi connectivity index (χ3v) is 7.91. The minimum Gasteiger partial charge on any atom is -0.327 e. The minimum atomic E-state index is -3.50. The van der Waals surface area contributed by atoms with Gasteiger partial charge in [0, 0.05) is 26.7 Å². The molecule has 0 amide bonds. The molecule has 0 N–H and O–H groups in total. The van der Waals surface area contributed by atoms with Crippen molar-refractivity contribution in [2.75, 3.05) is 20.6 Å². The maximum atomic E-state index is 13.6. The average Bonchev–Trinajstić information content (AvgIpc) is 3.31. The molecule has 8 heteroatoms. The van der Waals surface area contributed by atoms with Crippen LogP contribution in [0.2, 0.25) is 0 Å². The van der Waals surface area contributed by atoms with Gasteiger partial charge in [0.2, 0.25) is 10.0 Å². The number of nitrogens with zero attached hydrogens (tertiary/aromatic N) is 4. The number of rotatable bonds is 7. The summed E-state index contributed by atoms with van der Waals surface area (Å²) in [5.41, 5.74) is 2.65. The van der Waals surface area contributed by atoms with Gasteiger partial charge in [0.05, 0.1) is 22.5 Å². The van der Waals surface area contributed by atoms with E-state index in [4.69, 9.17) is 4.98 Å². The molecular formula is C23H29FN4O2S. The normalized spacial score (nSPS) is 17.8. The molecule has 2 heterocycles. The van der Waals surface area contributed by atoms with Crippen LogP contribution in [0.1, 0.15) is 31.2 Å². The molecule has 0 radical (unpaired) electrons. The first-order valence-electron chi connectivity index (χ1n) is 10.7. The second kappa shape index (κ2) is 8.68. The van der Waals surface area contributed by atoms with Crippen LogP contribution in [0.3, 0.4) is 0 Å². The molecule has 0 saturated carbocycles. The fourth-order valence-electron chi connectivity index (χ4n) is 4.46. The SMILES string of the molecule is CCn1c(CN2CCCC2Cc2cccc(F)c2)nc2cc(S(=O)(=O)N(C)C)ccc21. The van der Waals surface area contributed by atoms with Crippen molar-refractivity contribution < 1.29 is 12.8 Å². The van der Waals surface area contributed by atoms with Crippen LogP contribution in [0, 0.1) is 5.82 Å². The summed E-state index contributed by atoms with van der Waals surface area (Å²) in [6, 6.07) is 12.3. The molecule has 4 rings (SSSR count). The third-order valence-electron chi connectivity index (χ3n) is 6.10. The number of fused-ring (bicyclic) bond motifs is 1. The molecule has 1 aromatic heterocycles. The molecule has 0 aliphatic carbocycles. The summed E-state index contributed by atoms with van der Waals surface area (Å²) in [7, 11) is -0.446. The zero-order valence-corrected chi connectivity index (χ0v) is 19.1. The summed E-state index contributed by atoms with van der Waals surface area (Å²) < 4.78 is 42.0. The van der Waals surface area contributed by atoms with E-state index >= 15 is 0 Å². The molecule has 3 aromatic rings. The Bertz CT molecular complexity index is 1190. The second-order valence-electron chi connectivity index (χ2n) is 8.31. The van der Waals surface area contributed by atoms with Gasteiger partial charge in [-0.05, 0) is 68.6 Å². The predicted molar refractivity (Wildman–Crippen MR) is 120 cm³/mol. The lowest BCUT2D eigenvalue weighted by Crippen LogP contribution is -2.31. The van der Waals surface area contributed by atoms with Gasteiger partial charge in [-0.25, -0.2) is 22.1 Å². The molecular weight excluding hydrogens is 415 g/mol. The number of imidazole rings is 1. The summed E-state index contributed by atoms with van der Waals surface area (Å²) in [5, 5.41) is 0. The molecule has 0 bridgehead atoms. The molecule has 1 saturated heterocycles. The van der Waals surface area contributed by atoms with Gasteiger partial charge in [-0.2, -0.15) is 0 Å². The smallest absolute Gasteiger partial charge is 0.242 e. The van der Waals surface area contributed by atoms with Crippen LogP contribution in [-0.4, -0.2) is 53.9 Å². The van der Waals surface area contributed by atoms with E-state index in [0.717, 1.165) is 49.3 Å². The van der Waals surface area contributed by atoms with Crippen molar-refractivity contribution in [2.45, 2.75) is 50.2 Å². The maximum absolute atomic E-state index is 13.6. The van der Waals surface area contributed by atoms with Crippen molar-refractivity contribution in [2.24, 2.45) is 0 Å². The Morgan fingerprint density at radius 2 is 2.00 bits per heavy atom. The van der Waals surface area contributed by atoms with Gasteiger partial charge >= 0.3 is 0 Å². The van der Waals surface area contributed by atoms with Crippen molar-refractivity contribution in [3.05, 3.63) is 59.7 Å². The van der Waals surface area contributed by atoms with Gasteiger partial charge in [0.1, 0.15) is 11.6 Å². The third kappa shape index (κ3) is 4.37. The van der Waals surface area contributed by atoms with Crippen molar-refractivity contribution in [3.63, 3.8) is 0 Å². The Balaban J connectivity index is 1.61. The van der Waals surface area contributed by atoms with E-state index < -0.39 is 10.0 Å². The summed E-state index contributed by atoms with van der Waals surface area (Å²) in [6.45, 7) is 4.50. The van der Waals surface area contributed by atoms with Crippen LogP contribution in [-0.2, 0) is 29.5 Å². The second-order valence-corrected chi connectivity index (χ2v) is 10.5. The fraction of sp³-hybridized carbons (Fsp3) is 0.435. The highest BCUT2D eigenvalue weighted by Gasteiger charge is 2.27. The van der Waals surface area contributed by atoms with E-state index in [1.54, 1.807) is 24.3 Å². The first-order valence-corrected chi connectivity index (χ1v) is 12.1. The number of hydrogen-bond acceptors (Lipinski definition) is 4. The lowest BCUT2D eigenvalue weighted by molar-refractivity contribution is 0.235. The van der Waals surface area contributed by atoms with Gasteiger partial charge < -0.3 is 4.57 Å². The van der Waals surface area contributed by atoms with E-state index in [9.17, 15) is 12.8 Å². The molecule has 1 unspecified atom stereocenters. The van der Waals surface area contributed by atoms with Gasteiger partial charge in [-0.1, -0.05) is 12.1 Å². The number of likely N-dealkylation sites (tertiary alicyclic amines) is 1. The number of sulfonamides is 1.